The molecular formula is C22H30N4O4S2. The number of carbonyl (C=O) groups is 2. The zero-order valence-electron chi connectivity index (χ0n) is 18.8. The fraction of sp³-hybridized carbons (Fsp3) is 0.500. The van der Waals surface area contributed by atoms with Crippen molar-refractivity contribution >= 4 is 38.3 Å². The minimum Gasteiger partial charge on any atom is -0.340 e. The third-order valence-electron chi connectivity index (χ3n) is 5.42. The van der Waals surface area contributed by atoms with E-state index in [0.29, 0.717) is 24.1 Å². The molecule has 1 aromatic heterocycles. The van der Waals surface area contributed by atoms with Crippen LogP contribution in [-0.2, 0) is 14.8 Å². The van der Waals surface area contributed by atoms with E-state index in [1.54, 1.807) is 13.8 Å². The van der Waals surface area contributed by atoms with E-state index in [1.807, 2.05) is 19.2 Å². The van der Waals surface area contributed by atoms with Crippen molar-refractivity contribution < 1.29 is 18.0 Å². The number of carbonyl (C=O) groups excluding carboxylic acids is 2. The molecule has 1 aromatic carbocycles. The van der Waals surface area contributed by atoms with Gasteiger partial charge in [-0.15, -0.1) is 11.3 Å². The molecule has 1 atom stereocenters. The highest BCUT2D eigenvalue weighted by molar-refractivity contribution is 7.89. The highest BCUT2D eigenvalue weighted by atomic mass is 32.2. The Morgan fingerprint density at radius 3 is 2.50 bits per heavy atom. The van der Waals surface area contributed by atoms with Gasteiger partial charge in [0, 0.05) is 30.0 Å². The predicted molar refractivity (Wildman–Crippen MR) is 125 cm³/mol. The molecule has 0 bridgehead atoms. The summed E-state index contributed by atoms with van der Waals surface area (Å²) in [6, 6.07) is 5.09. The maximum Gasteiger partial charge on any atom is 0.251 e. The molecule has 2 amide bonds. The van der Waals surface area contributed by atoms with Gasteiger partial charge in [0.25, 0.3) is 5.91 Å². The fourth-order valence-electron chi connectivity index (χ4n) is 3.36. The van der Waals surface area contributed by atoms with Gasteiger partial charge in [0.05, 0.1) is 10.6 Å². The lowest BCUT2D eigenvalue weighted by Gasteiger charge is -2.22. The van der Waals surface area contributed by atoms with Crippen molar-refractivity contribution in [2.24, 2.45) is 5.92 Å². The third kappa shape index (κ3) is 5.54. The number of nitrogens with one attached hydrogen (secondary N) is 2. The molecule has 8 nitrogen and oxygen atoms in total. The van der Waals surface area contributed by atoms with E-state index in [1.165, 1.54) is 39.9 Å². The topological polar surface area (TPSA) is 108 Å². The minimum atomic E-state index is -3.69. The van der Waals surface area contributed by atoms with Crippen LogP contribution < -0.4 is 10.6 Å². The predicted octanol–water partition coefficient (Wildman–Crippen LogP) is 3.44. The molecule has 1 fully saturated rings. The number of sulfonamides is 1. The van der Waals surface area contributed by atoms with E-state index >= 15 is 0 Å². The van der Waals surface area contributed by atoms with Crippen LogP contribution in [0.25, 0.3) is 0 Å². The normalized spacial score (nSPS) is 15.1. The summed E-state index contributed by atoms with van der Waals surface area (Å²) in [7, 11) is -3.69. The highest BCUT2D eigenvalue weighted by Crippen LogP contribution is 2.40. The van der Waals surface area contributed by atoms with Crippen LogP contribution in [0.4, 0.5) is 5.13 Å². The molecule has 1 aliphatic carbocycles. The summed E-state index contributed by atoms with van der Waals surface area (Å²) in [6.45, 7) is 7.87. The molecule has 2 aromatic rings. The quantitative estimate of drug-likeness (QED) is 0.544. The molecule has 2 N–H and O–H groups in total. The largest absolute Gasteiger partial charge is 0.340 e. The smallest absolute Gasteiger partial charge is 0.251 e. The lowest BCUT2D eigenvalue weighted by Crippen LogP contribution is -2.47. The molecule has 0 saturated heterocycles. The van der Waals surface area contributed by atoms with E-state index in [2.05, 4.69) is 15.6 Å². The summed E-state index contributed by atoms with van der Waals surface area (Å²) in [4.78, 5) is 30.3. The first-order chi connectivity index (χ1) is 15.2. The number of hydrogen-bond acceptors (Lipinski definition) is 6. The summed E-state index contributed by atoms with van der Waals surface area (Å²) in [5, 5.41) is 8.02. The minimum absolute atomic E-state index is 0.0507. The molecule has 1 unspecified atom stereocenters. The summed E-state index contributed by atoms with van der Waals surface area (Å²) in [5.74, 6) is -0.535. The monoisotopic (exact) mass is 478 g/mol. The Morgan fingerprint density at radius 1 is 1.22 bits per heavy atom. The van der Waals surface area contributed by atoms with Crippen LogP contribution in [0.1, 0.15) is 62.5 Å². The average molecular weight is 479 g/mol. The first kappa shape index (κ1) is 24.3. The molecule has 1 aliphatic rings. The van der Waals surface area contributed by atoms with Crippen molar-refractivity contribution in [1.82, 2.24) is 14.6 Å². The molecular weight excluding hydrogens is 448 g/mol. The highest BCUT2D eigenvalue weighted by Gasteiger charge is 2.29. The van der Waals surface area contributed by atoms with Gasteiger partial charge in [-0.3, -0.25) is 9.59 Å². The molecule has 1 heterocycles. The van der Waals surface area contributed by atoms with E-state index in [-0.39, 0.29) is 22.3 Å². The first-order valence-corrected chi connectivity index (χ1v) is 13.2. The van der Waals surface area contributed by atoms with Crippen molar-refractivity contribution in [1.29, 1.82) is 0 Å². The molecule has 174 valence electrons. The maximum atomic E-state index is 12.9. The second kappa shape index (κ2) is 10.1. The van der Waals surface area contributed by atoms with Crippen molar-refractivity contribution in [3.05, 3.63) is 40.9 Å². The Balaban J connectivity index is 1.73. The molecule has 0 aliphatic heterocycles. The van der Waals surface area contributed by atoms with Crippen LogP contribution in [0.3, 0.4) is 0 Å². The van der Waals surface area contributed by atoms with E-state index in [0.717, 1.165) is 18.5 Å². The lowest BCUT2D eigenvalue weighted by atomic mass is 10.0. The zero-order valence-corrected chi connectivity index (χ0v) is 20.4. The molecule has 0 spiro atoms. The van der Waals surface area contributed by atoms with Gasteiger partial charge in [0.15, 0.2) is 5.13 Å². The van der Waals surface area contributed by atoms with Gasteiger partial charge in [0.2, 0.25) is 15.9 Å². The van der Waals surface area contributed by atoms with Gasteiger partial charge in [-0.2, -0.15) is 4.31 Å². The standard InChI is InChI=1S/C22H30N4O4S2/c1-5-26(6-2)32(29,30)17-9-7-8-16(12-17)20(27)24-19(14(3)4)21(28)25-22-23-18(13-31-22)15-10-11-15/h7-9,12-15,19H,5-6,10-11H2,1-4H3,(H,24,27)(H,23,25,28). The molecule has 3 rings (SSSR count). The van der Waals surface area contributed by atoms with E-state index in [4.69, 9.17) is 0 Å². The first-order valence-electron chi connectivity index (χ1n) is 10.8. The summed E-state index contributed by atoms with van der Waals surface area (Å²) in [6.07, 6.45) is 2.26. The Morgan fingerprint density at radius 2 is 1.91 bits per heavy atom. The number of nitrogens with zero attached hydrogens (tertiary/aromatic N) is 2. The van der Waals surface area contributed by atoms with Gasteiger partial charge >= 0.3 is 0 Å². The van der Waals surface area contributed by atoms with Crippen molar-refractivity contribution in [2.75, 3.05) is 18.4 Å². The third-order valence-corrected chi connectivity index (χ3v) is 8.24. The van der Waals surface area contributed by atoms with Gasteiger partial charge in [-0.1, -0.05) is 33.8 Å². The Hall–Kier alpha value is -2.30. The summed E-state index contributed by atoms with van der Waals surface area (Å²) < 4.78 is 26.9. The molecule has 1 saturated carbocycles. The zero-order chi connectivity index (χ0) is 23.5. The number of thiazole rings is 1. The number of aromatic nitrogens is 1. The molecule has 0 radical (unpaired) electrons. The fourth-order valence-corrected chi connectivity index (χ4v) is 5.66. The van der Waals surface area contributed by atoms with Gasteiger partial charge in [0.1, 0.15) is 6.04 Å². The number of hydrogen-bond donors (Lipinski definition) is 2. The Bertz CT molecular complexity index is 1070. The van der Waals surface area contributed by atoms with Crippen LogP contribution in [0.2, 0.25) is 0 Å². The second-order valence-electron chi connectivity index (χ2n) is 8.15. The van der Waals surface area contributed by atoms with Crippen molar-refractivity contribution in [2.45, 2.75) is 57.4 Å². The number of rotatable bonds is 10. The van der Waals surface area contributed by atoms with Gasteiger partial charge in [-0.05, 0) is 37.0 Å². The average Bonchev–Trinajstić information content (AvgIpc) is 3.51. The van der Waals surface area contributed by atoms with Crippen molar-refractivity contribution in [3.63, 3.8) is 0 Å². The molecule has 32 heavy (non-hydrogen) atoms. The van der Waals surface area contributed by atoms with Crippen LogP contribution in [0.5, 0.6) is 0 Å². The van der Waals surface area contributed by atoms with Crippen molar-refractivity contribution in [3.8, 4) is 0 Å². The Labute approximate surface area is 193 Å². The van der Waals surface area contributed by atoms with E-state index < -0.39 is 22.0 Å². The second-order valence-corrected chi connectivity index (χ2v) is 10.9. The Kier molecular flexibility index (Phi) is 7.68. The maximum absolute atomic E-state index is 12.9. The van der Waals surface area contributed by atoms with Gasteiger partial charge in [-0.25, -0.2) is 13.4 Å². The SMILES string of the molecule is CCN(CC)S(=O)(=O)c1cccc(C(=O)NC(C(=O)Nc2nc(C3CC3)cs2)C(C)C)c1. The van der Waals surface area contributed by atoms with Gasteiger partial charge < -0.3 is 10.6 Å². The van der Waals surface area contributed by atoms with Crippen LogP contribution in [0.15, 0.2) is 34.5 Å². The molecule has 10 heteroatoms. The summed E-state index contributed by atoms with van der Waals surface area (Å²) >= 11 is 1.38. The summed E-state index contributed by atoms with van der Waals surface area (Å²) in [5.41, 5.74) is 1.18. The van der Waals surface area contributed by atoms with Crippen LogP contribution in [-0.4, -0.2) is 48.7 Å². The lowest BCUT2D eigenvalue weighted by molar-refractivity contribution is -0.118. The number of benzene rings is 1. The van der Waals surface area contributed by atoms with Crippen LogP contribution in [0, 0.1) is 5.92 Å². The van der Waals surface area contributed by atoms with E-state index in [9.17, 15) is 18.0 Å². The number of amides is 2. The van der Waals surface area contributed by atoms with Crippen LogP contribution >= 0.6 is 11.3 Å². The number of anilines is 1.